The summed E-state index contributed by atoms with van der Waals surface area (Å²) in [7, 11) is 0. The largest absolute Gasteiger partial charge is 0.385 e. The molecule has 0 aliphatic heterocycles. The summed E-state index contributed by atoms with van der Waals surface area (Å²) < 4.78 is 0. The van der Waals surface area contributed by atoms with E-state index < -0.39 is 0 Å². The second kappa shape index (κ2) is 9.31. The molecule has 112 valence electrons. The number of nitrogens with two attached hydrogens (primary N) is 1. The summed E-state index contributed by atoms with van der Waals surface area (Å²) in [5.41, 5.74) is 6.91. The Kier molecular flexibility index (Phi) is 7.65. The maximum atomic E-state index is 12.2. The van der Waals surface area contributed by atoms with Crippen LogP contribution in [0.4, 0.5) is 5.69 Å². The first-order valence-corrected chi connectivity index (χ1v) is 7.42. The number of carbonyl (C=O) groups excluding carboxylic acids is 1. The summed E-state index contributed by atoms with van der Waals surface area (Å²) in [6, 6.07) is 3.71. The molecule has 0 atom stereocenters. The van der Waals surface area contributed by atoms with E-state index in [0.29, 0.717) is 18.8 Å². The smallest absolute Gasteiger partial charge is 0.272 e. The number of unbranched alkanes of at least 4 members (excludes halogenated alkanes) is 2. The number of amides is 1. The summed E-state index contributed by atoms with van der Waals surface area (Å²) in [5.74, 6) is -0.0122. The highest BCUT2D eigenvalue weighted by molar-refractivity contribution is 5.93. The quantitative estimate of drug-likeness (QED) is 0.679. The van der Waals surface area contributed by atoms with Gasteiger partial charge in [-0.3, -0.25) is 9.78 Å². The van der Waals surface area contributed by atoms with Gasteiger partial charge in [-0.15, -0.1) is 0 Å². The molecule has 3 N–H and O–H groups in total. The van der Waals surface area contributed by atoms with Crippen LogP contribution in [0, 0.1) is 0 Å². The predicted octanol–water partition coefficient (Wildman–Crippen LogP) is 2.10. The number of pyridine rings is 1. The zero-order valence-corrected chi connectivity index (χ0v) is 12.6. The van der Waals surface area contributed by atoms with Crippen molar-refractivity contribution < 1.29 is 4.79 Å². The number of aromatic nitrogens is 1. The normalized spacial score (nSPS) is 10.3. The van der Waals surface area contributed by atoms with E-state index in [2.05, 4.69) is 10.3 Å². The van der Waals surface area contributed by atoms with Crippen molar-refractivity contribution in [2.24, 2.45) is 5.73 Å². The van der Waals surface area contributed by atoms with Crippen molar-refractivity contribution in [2.45, 2.75) is 33.1 Å². The van der Waals surface area contributed by atoms with Gasteiger partial charge in [-0.2, -0.15) is 0 Å². The van der Waals surface area contributed by atoms with E-state index in [4.69, 9.17) is 5.73 Å². The number of nitrogens with one attached hydrogen (secondary N) is 1. The molecular formula is C15H26N4O. The first kappa shape index (κ1) is 16.4. The van der Waals surface area contributed by atoms with Crippen molar-refractivity contribution in [1.82, 2.24) is 9.88 Å². The summed E-state index contributed by atoms with van der Waals surface area (Å²) >= 11 is 0. The zero-order chi connectivity index (χ0) is 14.8. The number of rotatable bonds is 9. The van der Waals surface area contributed by atoms with Crippen LogP contribution in [0.3, 0.4) is 0 Å². The Morgan fingerprint density at radius 3 is 2.70 bits per heavy atom. The molecule has 0 aliphatic carbocycles. The molecule has 0 saturated carbocycles. The van der Waals surface area contributed by atoms with E-state index in [1.165, 1.54) is 0 Å². The number of hydrogen-bond acceptors (Lipinski definition) is 4. The summed E-state index contributed by atoms with van der Waals surface area (Å²) in [5, 5.41) is 3.32. The third-order valence-corrected chi connectivity index (χ3v) is 3.24. The van der Waals surface area contributed by atoms with Crippen LogP contribution >= 0.6 is 0 Å². The Morgan fingerprint density at radius 1 is 1.30 bits per heavy atom. The van der Waals surface area contributed by atoms with Crippen molar-refractivity contribution in [1.29, 1.82) is 0 Å². The topological polar surface area (TPSA) is 71.2 Å². The highest BCUT2D eigenvalue weighted by atomic mass is 16.2. The van der Waals surface area contributed by atoms with Gasteiger partial charge >= 0.3 is 0 Å². The molecule has 1 amide bonds. The second-order valence-electron chi connectivity index (χ2n) is 4.68. The minimum Gasteiger partial charge on any atom is -0.385 e. The Morgan fingerprint density at radius 2 is 2.05 bits per heavy atom. The molecule has 0 aliphatic rings. The maximum absolute atomic E-state index is 12.2. The van der Waals surface area contributed by atoms with E-state index in [-0.39, 0.29) is 5.91 Å². The average molecular weight is 278 g/mol. The summed E-state index contributed by atoms with van der Waals surface area (Å²) in [4.78, 5) is 18.1. The van der Waals surface area contributed by atoms with Crippen LogP contribution in [-0.4, -0.2) is 42.0 Å². The zero-order valence-electron chi connectivity index (χ0n) is 12.6. The Hall–Kier alpha value is -1.62. The number of nitrogens with zero attached hydrogens (tertiary/aromatic N) is 2. The SMILES string of the molecule is CCN(CC)C(=O)c1cc(NCCCCCN)ccn1. The standard InChI is InChI=1S/C15H26N4O/c1-3-19(4-2)15(20)14-12-13(8-11-18-14)17-10-7-5-6-9-16/h8,11-12H,3-7,9-10,16H2,1-2H3,(H,17,18). The van der Waals surface area contributed by atoms with Crippen LogP contribution in [0.25, 0.3) is 0 Å². The molecule has 20 heavy (non-hydrogen) atoms. The first-order valence-electron chi connectivity index (χ1n) is 7.42. The summed E-state index contributed by atoms with van der Waals surface area (Å²) in [6.07, 6.45) is 4.95. The predicted molar refractivity (Wildman–Crippen MR) is 82.9 cm³/mol. The fourth-order valence-electron chi connectivity index (χ4n) is 2.01. The monoisotopic (exact) mass is 278 g/mol. The Balaban J connectivity index is 2.55. The molecule has 0 aromatic carbocycles. The van der Waals surface area contributed by atoms with Crippen molar-refractivity contribution in [3.8, 4) is 0 Å². The van der Waals surface area contributed by atoms with Crippen LogP contribution in [-0.2, 0) is 0 Å². The van der Waals surface area contributed by atoms with Crippen molar-refractivity contribution in [3.05, 3.63) is 24.0 Å². The molecule has 0 fully saturated rings. The molecular weight excluding hydrogens is 252 g/mol. The Labute approximate surface area is 121 Å². The van der Waals surface area contributed by atoms with Crippen LogP contribution in [0.2, 0.25) is 0 Å². The van der Waals surface area contributed by atoms with Gasteiger partial charge in [0.15, 0.2) is 0 Å². The fourth-order valence-corrected chi connectivity index (χ4v) is 2.01. The third-order valence-electron chi connectivity index (χ3n) is 3.24. The van der Waals surface area contributed by atoms with Gasteiger partial charge in [0.05, 0.1) is 0 Å². The third kappa shape index (κ3) is 5.17. The molecule has 0 spiro atoms. The molecule has 5 nitrogen and oxygen atoms in total. The minimum absolute atomic E-state index is 0.0122. The van der Waals surface area contributed by atoms with Crippen LogP contribution in [0.1, 0.15) is 43.6 Å². The molecule has 0 saturated heterocycles. The van der Waals surface area contributed by atoms with Gasteiger partial charge in [-0.1, -0.05) is 6.42 Å². The van der Waals surface area contributed by atoms with Gasteiger partial charge in [0.2, 0.25) is 0 Å². The van der Waals surface area contributed by atoms with E-state index in [1.807, 2.05) is 26.0 Å². The van der Waals surface area contributed by atoms with Crippen molar-refractivity contribution in [2.75, 3.05) is 31.5 Å². The lowest BCUT2D eigenvalue weighted by molar-refractivity contribution is 0.0767. The lowest BCUT2D eigenvalue weighted by atomic mass is 10.2. The lowest BCUT2D eigenvalue weighted by Crippen LogP contribution is -2.31. The molecule has 5 heteroatoms. The van der Waals surface area contributed by atoms with Crippen LogP contribution < -0.4 is 11.1 Å². The first-order chi connectivity index (χ1) is 9.72. The summed E-state index contributed by atoms with van der Waals surface area (Å²) in [6.45, 7) is 6.99. The fraction of sp³-hybridized carbons (Fsp3) is 0.600. The van der Waals surface area contributed by atoms with E-state index in [9.17, 15) is 4.79 Å². The highest BCUT2D eigenvalue weighted by Gasteiger charge is 2.13. The van der Waals surface area contributed by atoms with Crippen molar-refractivity contribution >= 4 is 11.6 Å². The number of anilines is 1. The van der Waals surface area contributed by atoms with Gasteiger partial charge < -0.3 is 16.0 Å². The number of carbonyl (C=O) groups is 1. The van der Waals surface area contributed by atoms with Gasteiger partial charge in [0, 0.05) is 31.5 Å². The molecule has 1 rings (SSSR count). The van der Waals surface area contributed by atoms with E-state index >= 15 is 0 Å². The lowest BCUT2D eigenvalue weighted by Gasteiger charge is -2.18. The van der Waals surface area contributed by atoms with E-state index in [0.717, 1.165) is 38.0 Å². The van der Waals surface area contributed by atoms with E-state index in [1.54, 1.807) is 11.1 Å². The Bertz CT molecular complexity index is 405. The van der Waals surface area contributed by atoms with Gasteiger partial charge in [0.25, 0.3) is 5.91 Å². The number of hydrogen-bond donors (Lipinski definition) is 2. The molecule has 0 unspecified atom stereocenters. The average Bonchev–Trinajstić information content (AvgIpc) is 2.48. The molecule has 0 radical (unpaired) electrons. The van der Waals surface area contributed by atoms with Crippen molar-refractivity contribution in [3.63, 3.8) is 0 Å². The highest BCUT2D eigenvalue weighted by Crippen LogP contribution is 2.10. The molecule has 1 heterocycles. The van der Waals surface area contributed by atoms with Gasteiger partial charge in [-0.25, -0.2) is 0 Å². The molecule has 1 aromatic heterocycles. The minimum atomic E-state index is -0.0122. The van der Waals surface area contributed by atoms with Crippen LogP contribution in [0.5, 0.6) is 0 Å². The molecule has 1 aromatic rings. The van der Waals surface area contributed by atoms with Gasteiger partial charge in [-0.05, 0) is 45.4 Å². The second-order valence-corrected chi connectivity index (χ2v) is 4.68. The molecule has 0 bridgehead atoms. The maximum Gasteiger partial charge on any atom is 0.272 e. The van der Waals surface area contributed by atoms with Gasteiger partial charge in [0.1, 0.15) is 5.69 Å². The van der Waals surface area contributed by atoms with Crippen LogP contribution in [0.15, 0.2) is 18.3 Å².